The molecule has 0 aliphatic heterocycles. The van der Waals surface area contributed by atoms with Gasteiger partial charge in [-0.2, -0.15) is 0 Å². The summed E-state index contributed by atoms with van der Waals surface area (Å²) in [6.07, 6.45) is 3.18. The third-order valence-electron chi connectivity index (χ3n) is 3.54. The van der Waals surface area contributed by atoms with E-state index in [1.807, 2.05) is 25.2 Å². The quantitative estimate of drug-likeness (QED) is 0.822. The Morgan fingerprint density at radius 3 is 2.39 bits per heavy atom. The van der Waals surface area contributed by atoms with E-state index in [0.717, 1.165) is 24.9 Å². The lowest BCUT2D eigenvalue weighted by atomic mass is 9.84. The molecule has 1 saturated carbocycles. The van der Waals surface area contributed by atoms with Crippen LogP contribution in [-0.4, -0.2) is 27.2 Å². The Hall–Kier alpha value is -1.71. The number of methoxy groups -OCH3 is 2. The summed E-state index contributed by atoms with van der Waals surface area (Å²) in [4.78, 5) is 13.8. The Morgan fingerprint density at radius 1 is 1.22 bits per heavy atom. The first-order valence-electron chi connectivity index (χ1n) is 6.17. The van der Waals surface area contributed by atoms with Crippen molar-refractivity contribution in [3.8, 4) is 11.5 Å². The Balaban J connectivity index is 2.19. The summed E-state index contributed by atoms with van der Waals surface area (Å²) in [5.41, 5.74) is 0.838. The number of rotatable bonds is 4. The van der Waals surface area contributed by atoms with E-state index >= 15 is 0 Å². The lowest BCUT2D eigenvalue weighted by Gasteiger charge is -2.29. The number of hydrogen-bond donors (Lipinski definition) is 0. The summed E-state index contributed by atoms with van der Waals surface area (Å²) in [7, 11) is 5.00. The highest BCUT2D eigenvalue weighted by Gasteiger charge is 2.28. The van der Waals surface area contributed by atoms with Crippen LogP contribution in [0.15, 0.2) is 18.2 Å². The van der Waals surface area contributed by atoms with Gasteiger partial charge in [-0.15, -0.1) is 0 Å². The molecule has 0 N–H and O–H groups in total. The van der Waals surface area contributed by atoms with Gasteiger partial charge in [-0.25, -0.2) is 0 Å². The van der Waals surface area contributed by atoms with Crippen LogP contribution >= 0.6 is 0 Å². The van der Waals surface area contributed by atoms with Crippen molar-refractivity contribution in [3.05, 3.63) is 18.2 Å². The summed E-state index contributed by atoms with van der Waals surface area (Å²) in [6, 6.07) is 5.52. The molecule has 1 aliphatic rings. The second-order valence-electron chi connectivity index (χ2n) is 4.56. The topological polar surface area (TPSA) is 38.8 Å². The van der Waals surface area contributed by atoms with Gasteiger partial charge in [0.25, 0.3) is 0 Å². The van der Waals surface area contributed by atoms with Gasteiger partial charge in [0.1, 0.15) is 0 Å². The average Bonchev–Trinajstić information content (AvgIpc) is 2.34. The number of ether oxygens (including phenoxy) is 2. The second kappa shape index (κ2) is 5.29. The van der Waals surface area contributed by atoms with Gasteiger partial charge in [0.2, 0.25) is 5.91 Å². The van der Waals surface area contributed by atoms with Crippen molar-refractivity contribution >= 4 is 11.6 Å². The van der Waals surface area contributed by atoms with E-state index in [1.165, 1.54) is 0 Å². The van der Waals surface area contributed by atoms with Crippen LogP contribution in [0, 0.1) is 5.92 Å². The Labute approximate surface area is 107 Å². The van der Waals surface area contributed by atoms with E-state index in [2.05, 4.69) is 0 Å². The molecule has 0 unspecified atom stereocenters. The summed E-state index contributed by atoms with van der Waals surface area (Å²) in [6.45, 7) is 0. The molecule has 1 amide bonds. The number of carbonyl (C=O) groups excluding carboxylic acids is 1. The van der Waals surface area contributed by atoms with Crippen LogP contribution in [0.4, 0.5) is 5.69 Å². The zero-order valence-corrected chi connectivity index (χ0v) is 11.1. The minimum atomic E-state index is 0.188. The molecule has 18 heavy (non-hydrogen) atoms. The van der Waals surface area contributed by atoms with Gasteiger partial charge < -0.3 is 14.4 Å². The van der Waals surface area contributed by atoms with Gasteiger partial charge in [-0.3, -0.25) is 4.79 Å². The van der Waals surface area contributed by atoms with Crippen LogP contribution in [0.1, 0.15) is 19.3 Å². The number of anilines is 1. The number of hydrogen-bond acceptors (Lipinski definition) is 3. The van der Waals surface area contributed by atoms with Crippen molar-refractivity contribution in [1.29, 1.82) is 0 Å². The minimum absolute atomic E-state index is 0.188. The highest BCUT2D eigenvalue weighted by molar-refractivity contribution is 5.95. The highest BCUT2D eigenvalue weighted by Crippen LogP contribution is 2.33. The maximum Gasteiger partial charge on any atom is 0.229 e. The van der Waals surface area contributed by atoms with Crippen LogP contribution in [0.2, 0.25) is 0 Å². The van der Waals surface area contributed by atoms with Crippen molar-refractivity contribution in [1.82, 2.24) is 0 Å². The minimum Gasteiger partial charge on any atom is -0.493 e. The standard InChI is InChI=1S/C14H19NO3/c1-15(14(16)10-5-4-6-10)11-7-8-12(17-2)13(9-11)18-3/h7-10H,4-6H2,1-3H3. The van der Waals surface area contributed by atoms with Gasteiger partial charge >= 0.3 is 0 Å². The molecule has 4 heteroatoms. The first-order chi connectivity index (χ1) is 8.67. The third kappa shape index (κ3) is 2.28. The van der Waals surface area contributed by atoms with Crippen LogP contribution in [0.25, 0.3) is 0 Å². The molecule has 1 aliphatic carbocycles. The predicted molar refractivity (Wildman–Crippen MR) is 70.3 cm³/mol. The van der Waals surface area contributed by atoms with E-state index in [-0.39, 0.29) is 11.8 Å². The fraction of sp³-hybridized carbons (Fsp3) is 0.500. The molecule has 0 atom stereocenters. The Morgan fingerprint density at radius 2 is 1.89 bits per heavy atom. The molecule has 1 aromatic rings. The summed E-state index contributed by atoms with van der Waals surface area (Å²) in [5, 5.41) is 0. The lowest BCUT2D eigenvalue weighted by Crippen LogP contribution is -2.36. The largest absolute Gasteiger partial charge is 0.493 e. The van der Waals surface area contributed by atoms with Crippen molar-refractivity contribution in [2.45, 2.75) is 19.3 Å². The van der Waals surface area contributed by atoms with E-state index in [1.54, 1.807) is 19.1 Å². The average molecular weight is 249 g/mol. The molecule has 2 rings (SSSR count). The van der Waals surface area contributed by atoms with Crippen molar-refractivity contribution < 1.29 is 14.3 Å². The van der Waals surface area contributed by atoms with Crippen LogP contribution < -0.4 is 14.4 Å². The fourth-order valence-corrected chi connectivity index (χ4v) is 2.09. The van der Waals surface area contributed by atoms with Gasteiger partial charge in [0, 0.05) is 24.7 Å². The summed E-state index contributed by atoms with van der Waals surface area (Å²) < 4.78 is 10.4. The first kappa shape index (κ1) is 12.7. The molecule has 0 bridgehead atoms. The molecule has 0 spiro atoms. The smallest absolute Gasteiger partial charge is 0.229 e. The van der Waals surface area contributed by atoms with E-state index in [4.69, 9.17) is 9.47 Å². The first-order valence-corrected chi connectivity index (χ1v) is 6.17. The fourth-order valence-electron chi connectivity index (χ4n) is 2.09. The highest BCUT2D eigenvalue weighted by atomic mass is 16.5. The second-order valence-corrected chi connectivity index (χ2v) is 4.56. The monoisotopic (exact) mass is 249 g/mol. The van der Waals surface area contributed by atoms with Crippen LogP contribution in [-0.2, 0) is 4.79 Å². The summed E-state index contributed by atoms with van der Waals surface area (Å²) in [5.74, 6) is 1.70. The Kier molecular flexibility index (Phi) is 3.75. The maximum atomic E-state index is 12.1. The van der Waals surface area contributed by atoms with Crippen molar-refractivity contribution in [2.24, 2.45) is 5.92 Å². The molecule has 0 heterocycles. The number of amides is 1. The number of nitrogens with zero attached hydrogens (tertiary/aromatic N) is 1. The number of carbonyl (C=O) groups is 1. The molecular formula is C14H19NO3. The molecule has 0 radical (unpaired) electrons. The molecule has 98 valence electrons. The number of benzene rings is 1. The lowest BCUT2D eigenvalue weighted by molar-refractivity contribution is -0.124. The van der Waals surface area contributed by atoms with Gasteiger partial charge in [0.15, 0.2) is 11.5 Å². The predicted octanol–water partition coefficient (Wildman–Crippen LogP) is 2.47. The van der Waals surface area contributed by atoms with Gasteiger partial charge in [-0.05, 0) is 25.0 Å². The van der Waals surface area contributed by atoms with Crippen molar-refractivity contribution in [3.63, 3.8) is 0 Å². The van der Waals surface area contributed by atoms with Crippen molar-refractivity contribution in [2.75, 3.05) is 26.2 Å². The molecule has 1 aromatic carbocycles. The molecule has 1 fully saturated rings. The molecular weight excluding hydrogens is 230 g/mol. The van der Waals surface area contributed by atoms with Gasteiger partial charge in [0.05, 0.1) is 14.2 Å². The SMILES string of the molecule is COc1ccc(N(C)C(=O)C2CCC2)cc1OC. The van der Waals surface area contributed by atoms with Gasteiger partial charge in [-0.1, -0.05) is 6.42 Å². The van der Waals surface area contributed by atoms with E-state index in [9.17, 15) is 4.79 Å². The van der Waals surface area contributed by atoms with Crippen LogP contribution in [0.5, 0.6) is 11.5 Å². The van der Waals surface area contributed by atoms with E-state index in [0.29, 0.717) is 11.5 Å². The Bertz CT molecular complexity index is 441. The zero-order valence-electron chi connectivity index (χ0n) is 11.1. The maximum absolute atomic E-state index is 12.1. The summed E-state index contributed by atoms with van der Waals surface area (Å²) >= 11 is 0. The van der Waals surface area contributed by atoms with Crippen LogP contribution in [0.3, 0.4) is 0 Å². The third-order valence-corrected chi connectivity index (χ3v) is 3.54. The molecule has 0 aromatic heterocycles. The molecule has 0 saturated heterocycles. The zero-order chi connectivity index (χ0) is 13.1. The molecule has 4 nitrogen and oxygen atoms in total. The van der Waals surface area contributed by atoms with E-state index < -0.39 is 0 Å². The normalized spacial score (nSPS) is 14.8.